The zero-order chi connectivity index (χ0) is 28.2. The van der Waals surface area contributed by atoms with Crippen LogP contribution >= 0.6 is 27.5 Å². The summed E-state index contributed by atoms with van der Waals surface area (Å²) < 4.78 is 38.3. The molecule has 2 amide bonds. The third-order valence-electron chi connectivity index (χ3n) is 5.90. The molecule has 0 spiro atoms. The second-order valence-electron chi connectivity index (χ2n) is 8.87. The lowest BCUT2D eigenvalue weighted by Crippen LogP contribution is -2.37. The number of amides is 2. The SMILES string of the molecule is Cc1cc(OCCCc2c(C(=O)NS(=O)(=O)CCNC(=O)c3cc(Br)no3)[nH]c3ccccc23)cc(C)c1Cl. The zero-order valence-corrected chi connectivity index (χ0v) is 24.3. The van der Waals surface area contributed by atoms with Crippen molar-refractivity contribution in [2.24, 2.45) is 0 Å². The van der Waals surface area contributed by atoms with E-state index in [0.717, 1.165) is 16.5 Å². The molecule has 0 aliphatic rings. The number of fused-ring (bicyclic) bond motifs is 1. The Morgan fingerprint density at radius 1 is 1.13 bits per heavy atom. The molecule has 2 aromatic carbocycles. The Kier molecular flexibility index (Phi) is 8.98. The number of nitrogens with zero attached hydrogens (tertiary/aromatic N) is 1. The Morgan fingerprint density at radius 3 is 2.54 bits per heavy atom. The fraction of sp³-hybridized carbons (Fsp3) is 0.269. The first-order valence-corrected chi connectivity index (χ1v) is 14.8. The van der Waals surface area contributed by atoms with Crippen molar-refractivity contribution in [3.8, 4) is 5.75 Å². The van der Waals surface area contributed by atoms with Crippen molar-refractivity contribution in [2.45, 2.75) is 26.7 Å². The third-order valence-corrected chi connectivity index (χ3v) is 8.11. The molecule has 2 heterocycles. The van der Waals surface area contributed by atoms with Gasteiger partial charge in [0.05, 0.1) is 12.4 Å². The molecule has 39 heavy (non-hydrogen) atoms. The number of carbonyl (C=O) groups is 2. The predicted octanol–water partition coefficient (Wildman–Crippen LogP) is 4.69. The fourth-order valence-electron chi connectivity index (χ4n) is 4.07. The maximum absolute atomic E-state index is 13.1. The van der Waals surface area contributed by atoms with Crippen LogP contribution in [0.4, 0.5) is 0 Å². The van der Waals surface area contributed by atoms with Gasteiger partial charge in [-0.3, -0.25) is 9.59 Å². The van der Waals surface area contributed by atoms with E-state index in [1.807, 2.05) is 50.2 Å². The Labute approximate surface area is 238 Å². The van der Waals surface area contributed by atoms with E-state index in [0.29, 0.717) is 45.9 Å². The number of para-hydroxylation sites is 1. The minimum absolute atomic E-state index is 0.0728. The Balaban J connectivity index is 1.39. The standard InChI is InChI=1S/C26H26BrClN4O6S/c1-15-12-17(13-16(2)23(15)28)37-10-5-7-19-18-6-3-4-8-20(18)30-24(19)26(34)32-39(35,36)11-9-29-25(33)21-14-22(27)31-38-21/h3-4,6,8,12-14,30H,5,7,9-11H2,1-2H3,(H,29,33)(H,32,34). The van der Waals surface area contributed by atoms with Gasteiger partial charge in [-0.1, -0.05) is 35.0 Å². The van der Waals surface area contributed by atoms with Crippen molar-refractivity contribution in [3.05, 3.63) is 80.2 Å². The summed E-state index contributed by atoms with van der Waals surface area (Å²) >= 11 is 9.29. The lowest BCUT2D eigenvalue weighted by Gasteiger charge is -2.11. The molecule has 0 saturated carbocycles. The number of rotatable bonds is 11. The summed E-state index contributed by atoms with van der Waals surface area (Å²) in [6.45, 7) is 3.98. The fourth-order valence-corrected chi connectivity index (χ4v) is 5.32. The first-order valence-electron chi connectivity index (χ1n) is 12.0. The molecular weight excluding hydrogens is 612 g/mol. The van der Waals surface area contributed by atoms with Crippen LogP contribution in [-0.4, -0.2) is 49.3 Å². The van der Waals surface area contributed by atoms with Crippen molar-refractivity contribution >= 4 is 60.3 Å². The van der Waals surface area contributed by atoms with Crippen LogP contribution in [0.15, 0.2) is 51.6 Å². The molecular formula is C26H26BrClN4O6S. The number of hydrogen-bond donors (Lipinski definition) is 3. The summed E-state index contributed by atoms with van der Waals surface area (Å²) in [7, 11) is -4.05. The molecule has 0 unspecified atom stereocenters. The van der Waals surface area contributed by atoms with E-state index in [2.05, 4.69) is 36.1 Å². The molecule has 0 radical (unpaired) electrons. The van der Waals surface area contributed by atoms with Crippen LogP contribution in [0.1, 0.15) is 44.2 Å². The van der Waals surface area contributed by atoms with Crippen LogP contribution in [0.2, 0.25) is 5.02 Å². The van der Waals surface area contributed by atoms with E-state index >= 15 is 0 Å². The van der Waals surface area contributed by atoms with Crippen molar-refractivity contribution in [3.63, 3.8) is 0 Å². The molecule has 3 N–H and O–H groups in total. The van der Waals surface area contributed by atoms with Gasteiger partial charge in [-0.2, -0.15) is 0 Å². The number of nitrogens with one attached hydrogen (secondary N) is 3. The van der Waals surface area contributed by atoms with Gasteiger partial charge in [0.2, 0.25) is 15.8 Å². The summed E-state index contributed by atoms with van der Waals surface area (Å²) in [4.78, 5) is 28.1. The predicted molar refractivity (Wildman–Crippen MR) is 151 cm³/mol. The molecule has 0 fully saturated rings. The van der Waals surface area contributed by atoms with Gasteiger partial charge in [-0.05, 0) is 77.5 Å². The lowest BCUT2D eigenvalue weighted by atomic mass is 10.1. The van der Waals surface area contributed by atoms with Crippen molar-refractivity contribution < 1.29 is 27.3 Å². The van der Waals surface area contributed by atoms with Gasteiger partial charge in [-0.25, -0.2) is 13.1 Å². The normalized spacial score (nSPS) is 11.5. The van der Waals surface area contributed by atoms with E-state index in [1.54, 1.807) is 0 Å². The number of aromatic nitrogens is 2. The molecule has 0 bridgehead atoms. The Bertz CT molecular complexity index is 1610. The van der Waals surface area contributed by atoms with E-state index in [1.165, 1.54) is 6.07 Å². The largest absolute Gasteiger partial charge is 0.494 e. The van der Waals surface area contributed by atoms with Gasteiger partial charge in [0.15, 0.2) is 0 Å². The van der Waals surface area contributed by atoms with Crippen molar-refractivity contribution in [1.82, 2.24) is 20.2 Å². The topological polar surface area (TPSA) is 143 Å². The van der Waals surface area contributed by atoms with Crippen LogP contribution in [0.3, 0.4) is 0 Å². The van der Waals surface area contributed by atoms with E-state index in [9.17, 15) is 18.0 Å². The second kappa shape index (κ2) is 12.2. The van der Waals surface area contributed by atoms with E-state index in [4.69, 9.17) is 20.9 Å². The maximum Gasteiger partial charge on any atom is 0.289 e. The smallest absolute Gasteiger partial charge is 0.289 e. The van der Waals surface area contributed by atoms with Crippen molar-refractivity contribution in [1.29, 1.82) is 0 Å². The minimum Gasteiger partial charge on any atom is -0.494 e. The number of benzene rings is 2. The quantitative estimate of drug-likeness (QED) is 0.203. The molecule has 10 nitrogen and oxygen atoms in total. The van der Waals surface area contributed by atoms with Gasteiger partial charge in [0, 0.05) is 28.5 Å². The first-order chi connectivity index (χ1) is 18.5. The molecule has 0 aliphatic carbocycles. The molecule has 0 aliphatic heterocycles. The van der Waals surface area contributed by atoms with Gasteiger partial charge in [-0.15, -0.1) is 0 Å². The summed E-state index contributed by atoms with van der Waals surface area (Å²) in [6, 6.07) is 12.5. The number of halogens is 2. The number of ether oxygens (including phenoxy) is 1. The van der Waals surface area contributed by atoms with Crippen LogP contribution in [-0.2, 0) is 16.4 Å². The van der Waals surface area contributed by atoms with Crippen molar-refractivity contribution in [2.75, 3.05) is 18.9 Å². The van der Waals surface area contributed by atoms with Crippen LogP contribution in [0, 0.1) is 13.8 Å². The van der Waals surface area contributed by atoms with Crippen LogP contribution in [0.25, 0.3) is 10.9 Å². The molecule has 0 saturated heterocycles. The molecule has 0 atom stereocenters. The summed E-state index contributed by atoms with van der Waals surface area (Å²) in [6.07, 6.45) is 1.06. The van der Waals surface area contributed by atoms with Gasteiger partial charge < -0.3 is 19.6 Å². The number of H-pyrrole nitrogens is 1. The molecule has 4 rings (SSSR count). The highest BCUT2D eigenvalue weighted by Gasteiger charge is 2.22. The molecule has 4 aromatic rings. The van der Waals surface area contributed by atoms with Gasteiger partial charge in [0.1, 0.15) is 16.0 Å². The minimum atomic E-state index is -4.05. The second-order valence-corrected chi connectivity index (χ2v) is 11.9. The highest BCUT2D eigenvalue weighted by atomic mass is 79.9. The van der Waals surface area contributed by atoms with Gasteiger partial charge in [0.25, 0.3) is 11.8 Å². The Morgan fingerprint density at radius 2 is 1.85 bits per heavy atom. The average molecular weight is 638 g/mol. The summed E-state index contributed by atoms with van der Waals surface area (Å²) in [5, 5.41) is 7.48. The molecule has 206 valence electrons. The number of aromatic amines is 1. The van der Waals surface area contributed by atoms with Crippen LogP contribution < -0.4 is 14.8 Å². The number of hydrogen-bond acceptors (Lipinski definition) is 7. The van der Waals surface area contributed by atoms with E-state index in [-0.39, 0.29) is 18.0 Å². The van der Waals surface area contributed by atoms with Crippen LogP contribution in [0.5, 0.6) is 5.75 Å². The number of sulfonamides is 1. The number of aryl methyl sites for hydroxylation is 3. The first kappa shape index (κ1) is 28.7. The summed E-state index contributed by atoms with van der Waals surface area (Å²) in [5.41, 5.74) is 3.41. The highest BCUT2D eigenvalue weighted by molar-refractivity contribution is 9.10. The summed E-state index contributed by atoms with van der Waals surface area (Å²) in [5.74, 6) is -1.28. The third kappa shape index (κ3) is 7.20. The highest BCUT2D eigenvalue weighted by Crippen LogP contribution is 2.27. The maximum atomic E-state index is 13.1. The number of carbonyl (C=O) groups excluding carboxylic acids is 2. The average Bonchev–Trinajstić information content (AvgIpc) is 3.48. The zero-order valence-electron chi connectivity index (χ0n) is 21.1. The van der Waals surface area contributed by atoms with E-state index < -0.39 is 27.6 Å². The molecule has 2 aromatic heterocycles. The Hall–Kier alpha value is -3.35. The van der Waals surface area contributed by atoms with Gasteiger partial charge >= 0.3 is 0 Å². The molecule has 13 heteroatoms. The lowest BCUT2D eigenvalue weighted by molar-refractivity contribution is 0.0918. The monoisotopic (exact) mass is 636 g/mol.